The molecule has 39 heteroatoms. The maximum Gasteiger partial charge on any atom is 0.435 e. The monoisotopic (exact) mass is 1640 g/mol. The lowest BCUT2D eigenvalue weighted by molar-refractivity contribution is -0.137. The van der Waals surface area contributed by atoms with Crippen molar-refractivity contribution in [2.24, 2.45) is 34.6 Å². The fraction of sp³-hybridized carbons (Fsp3) is 0.480. The van der Waals surface area contributed by atoms with Crippen LogP contribution in [-0.2, 0) is 63.9 Å². The van der Waals surface area contributed by atoms with Crippen molar-refractivity contribution in [3.8, 4) is 0 Å². The van der Waals surface area contributed by atoms with Crippen LogP contribution in [0.3, 0.4) is 0 Å². The van der Waals surface area contributed by atoms with Gasteiger partial charge in [0.2, 0.25) is 65.0 Å². The van der Waals surface area contributed by atoms with Gasteiger partial charge in [0.15, 0.2) is 0 Å². The summed E-state index contributed by atoms with van der Waals surface area (Å²) in [5, 5.41) is 57.4. The maximum atomic E-state index is 14.7. The lowest BCUT2D eigenvalue weighted by Gasteiger charge is -2.29. The minimum absolute atomic E-state index is 0.0210. The number of amides is 12. The van der Waals surface area contributed by atoms with E-state index >= 15 is 0 Å². The average Bonchev–Trinajstić information content (AvgIpc) is 1.62. The number of carbonyl (C=O) groups is 13. The third kappa shape index (κ3) is 29.1. The number of carbonyl (C=O) groups excluding carboxylic acids is 13. The zero-order chi connectivity index (χ0) is 83.6. The van der Waals surface area contributed by atoms with Gasteiger partial charge < -0.3 is 107 Å². The molecule has 114 heavy (non-hydrogen) atoms. The van der Waals surface area contributed by atoms with Gasteiger partial charge in [-0.1, -0.05) is 95.7 Å². The third-order valence-electron chi connectivity index (χ3n) is 17.6. The summed E-state index contributed by atoms with van der Waals surface area (Å²) < 4.78 is 6.91. The maximum absolute atomic E-state index is 14.7. The molecule has 620 valence electrons. The van der Waals surface area contributed by atoms with E-state index < -0.39 is 162 Å². The highest BCUT2D eigenvalue weighted by Gasteiger charge is 2.38. The number of hydrogen-bond donors (Lipinski definition) is 19. The number of hydrogen-bond acceptors (Lipinski definition) is 26. The first-order valence-corrected chi connectivity index (χ1v) is 40.5. The summed E-state index contributed by atoms with van der Waals surface area (Å²) >= 11 is 1.32. The molecule has 0 unspecified atom stereocenters. The van der Waals surface area contributed by atoms with E-state index in [1.807, 2.05) is 36.4 Å². The lowest BCUT2D eigenvalue weighted by atomic mass is 10.00. The van der Waals surface area contributed by atoms with Crippen LogP contribution in [-0.4, -0.2) is 239 Å². The van der Waals surface area contributed by atoms with Gasteiger partial charge in [-0.25, -0.2) is 4.79 Å². The minimum atomic E-state index is -1.82. The number of nitrogens with one attached hydrogen (secondary N) is 12. The Balaban J connectivity index is 1.16. The van der Waals surface area contributed by atoms with Crippen molar-refractivity contribution in [2.45, 2.75) is 174 Å². The molecular weight excluding hydrogens is 1530 g/mol. The van der Waals surface area contributed by atoms with Gasteiger partial charge in [0.05, 0.1) is 40.4 Å². The molecule has 13 atom stereocenters. The van der Waals surface area contributed by atoms with E-state index in [-0.39, 0.29) is 102 Å². The highest BCUT2D eigenvalue weighted by molar-refractivity contribution is 8.77. The van der Waals surface area contributed by atoms with Gasteiger partial charge in [0, 0.05) is 46.6 Å². The number of pyridine rings is 1. The molecule has 0 radical (unpaired) electrons. The van der Waals surface area contributed by atoms with Gasteiger partial charge >= 0.3 is 6.09 Å². The van der Waals surface area contributed by atoms with Crippen LogP contribution in [0.15, 0.2) is 107 Å². The molecular formula is C75H106N20O16S3. The quantitative estimate of drug-likeness (QED) is 0.0199. The van der Waals surface area contributed by atoms with Crippen molar-refractivity contribution in [1.82, 2.24) is 78.6 Å². The molecule has 0 aliphatic carbocycles. The summed E-state index contributed by atoms with van der Waals surface area (Å²) in [6.07, 6.45) is -0.691. The molecule has 12 amide bonds. The fourth-order valence-electron chi connectivity index (χ4n) is 11.7. The van der Waals surface area contributed by atoms with Crippen molar-refractivity contribution in [1.29, 1.82) is 0 Å². The highest BCUT2D eigenvalue weighted by atomic mass is 33.1. The molecule has 3 heterocycles. The van der Waals surface area contributed by atoms with Crippen molar-refractivity contribution < 1.29 is 77.3 Å². The van der Waals surface area contributed by atoms with Gasteiger partial charge in [0.25, 0.3) is 5.91 Å². The Kier molecular flexibility index (Phi) is 38.7. The molecule has 1 aliphatic heterocycles. The molecule has 5 aromatic rings. The Morgan fingerprint density at radius 3 is 1.81 bits per heavy atom. The molecule has 0 saturated carbocycles. The van der Waals surface area contributed by atoms with Crippen molar-refractivity contribution in [3.05, 3.63) is 120 Å². The zero-order valence-corrected chi connectivity index (χ0v) is 66.8. The Bertz CT molecular complexity index is 4130. The van der Waals surface area contributed by atoms with Crippen LogP contribution in [0.5, 0.6) is 0 Å². The van der Waals surface area contributed by atoms with Crippen LogP contribution in [0.4, 0.5) is 4.79 Å². The Morgan fingerprint density at radius 2 is 1.21 bits per heavy atom. The molecule has 0 spiro atoms. The Morgan fingerprint density at radius 1 is 0.632 bits per heavy atom. The summed E-state index contributed by atoms with van der Waals surface area (Å²) in [5.74, 6) is -11.1. The first kappa shape index (κ1) is 92.8. The standard InChI is InChI=1S/C75H106N20O16S3/c1-41(2)36-57-71(106)87-52(24-30-77)65(100)86-55(27-33-80)70(105)92-62(43(4)96)73(108)83-35-28-56(68(103)85-53(25-31-78)67(102)91-58(72(107)90-57)37-45-14-8-7-9-15-45)88-66(101)54(26-32-79)89-74(109)63(44(5)97)93-69(104)51(23-29-76)84-61(98)40-112-114-42(3)39-111-75(110)95-59-38-47(113-60-18-11-10-17-49(60)64(99)81-6)20-21-48(59)50(94-95)22-19-46-16-12-13-34-82-46/h7-22,34,38,41-44,51-58,62-63,96-97H,23-33,35-37,39-40,76-80H2,1-6H3,(H,81,99)(H,83,108)(H,84,98)(H,85,103)(H,86,100)(H,87,106)(H,88,101)(H,89,109)(H,90,107)(H,91,102)(H,92,105)(H,93,104)/b22-19+/t42-,43-,44-,51+,52+,53+,54+,55+,56+,57+,58-,62+,63+/m1/s1. The van der Waals surface area contributed by atoms with Crippen LogP contribution < -0.4 is 92.5 Å². The smallest absolute Gasteiger partial charge is 0.435 e. The normalized spacial score (nSPS) is 20.0. The van der Waals surface area contributed by atoms with E-state index in [4.69, 9.17) is 33.4 Å². The highest BCUT2D eigenvalue weighted by Crippen LogP contribution is 2.34. The van der Waals surface area contributed by atoms with Gasteiger partial charge in [-0.3, -0.25) is 62.5 Å². The molecule has 36 nitrogen and oxygen atoms in total. The Labute approximate surface area is 672 Å². The van der Waals surface area contributed by atoms with E-state index in [0.29, 0.717) is 43.2 Å². The lowest BCUT2D eigenvalue weighted by Crippen LogP contribution is -2.62. The van der Waals surface area contributed by atoms with Crippen LogP contribution in [0, 0.1) is 5.92 Å². The van der Waals surface area contributed by atoms with E-state index in [2.05, 4.69) is 73.9 Å². The molecule has 24 N–H and O–H groups in total. The number of nitrogens with two attached hydrogens (primary N) is 5. The number of aliphatic hydroxyl groups is 2. The summed E-state index contributed by atoms with van der Waals surface area (Å²) in [6, 6.07) is 11.0. The summed E-state index contributed by atoms with van der Waals surface area (Å²) in [7, 11) is 3.82. The number of aliphatic hydroxyl groups excluding tert-OH is 2. The van der Waals surface area contributed by atoms with Gasteiger partial charge in [0.1, 0.15) is 67.0 Å². The summed E-state index contributed by atoms with van der Waals surface area (Å²) in [4.78, 5) is 189. The van der Waals surface area contributed by atoms with E-state index in [9.17, 15) is 72.5 Å². The van der Waals surface area contributed by atoms with E-state index in [1.165, 1.54) is 36.4 Å². The third-order valence-corrected chi connectivity index (χ3v) is 21.4. The molecule has 3 aromatic carbocycles. The summed E-state index contributed by atoms with van der Waals surface area (Å²) in [6.45, 7) is 6.06. The van der Waals surface area contributed by atoms with Crippen LogP contribution in [0.2, 0.25) is 0 Å². The summed E-state index contributed by atoms with van der Waals surface area (Å²) in [5.41, 5.74) is 32.2. The first-order chi connectivity index (χ1) is 54.5. The molecule has 2 aromatic heterocycles. The number of benzene rings is 3. The van der Waals surface area contributed by atoms with Crippen LogP contribution in [0.1, 0.15) is 107 Å². The van der Waals surface area contributed by atoms with Gasteiger partial charge in [-0.2, -0.15) is 9.78 Å². The Hall–Kier alpha value is -10.1. The second kappa shape index (κ2) is 47.6. The predicted molar refractivity (Wildman–Crippen MR) is 431 cm³/mol. The average molecular weight is 1640 g/mol. The number of nitrogens with zero attached hydrogens (tertiary/aromatic N) is 3. The van der Waals surface area contributed by atoms with Crippen molar-refractivity contribution in [3.63, 3.8) is 0 Å². The van der Waals surface area contributed by atoms with E-state index in [0.717, 1.165) is 15.5 Å². The molecule has 1 aliphatic rings. The number of ether oxygens (including phenoxy) is 1. The molecule has 1 saturated heterocycles. The largest absolute Gasteiger partial charge is 0.447 e. The predicted octanol–water partition coefficient (Wildman–Crippen LogP) is -1.97. The topological polar surface area (TPSA) is 577 Å². The first-order valence-electron chi connectivity index (χ1n) is 37.3. The molecule has 0 bridgehead atoms. The van der Waals surface area contributed by atoms with Gasteiger partial charge in [-0.05, 0) is 165 Å². The zero-order valence-electron chi connectivity index (χ0n) is 64.4. The number of aromatic nitrogens is 3. The van der Waals surface area contributed by atoms with Crippen LogP contribution >= 0.6 is 33.3 Å². The SMILES string of the molecule is CNC(=O)c1ccccc1Sc1ccc2c(/C=C/c3ccccn3)nn(C(=O)OC[C@@H](C)SSCC(=O)N[C@@H](CCN)C(=O)N[C@H](C(=O)N[C@@H](CCN)C(=O)N[C@H]3CCNC(=O)[C@H]([C@@H](C)O)NC(=O)[C@H](CCN)NC(=O)[C@H](CCN)NC(=O)[C@H](CC(C)C)NC(=O)[C@@H](Cc4ccccc4)NC(=O)[C@H](CCN)NC3=O)[C@@H](C)O)c2c1. The van der Waals surface area contributed by atoms with Crippen LogP contribution in [0.25, 0.3) is 23.1 Å². The number of fused-ring (bicyclic) bond motifs is 1. The second-order valence-corrected chi connectivity index (χ2v) is 31.2. The van der Waals surface area contributed by atoms with Crippen molar-refractivity contribution in [2.75, 3.05) is 58.7 Å². The minimum Gasteiger partial charge on any atom is -0.447 e. The van der Waals surface area contributed by atoms with E-state index in [1.54, 1.807) is 101 Å². The second-order valence-electron chi connectivity index (χ2n) is 27.3. The number of rotatable bonds is 34. The molecule has 1 fully saturated rings. The van der Waals surface area contributed by atoms with Crippen molar-refractivity contribution >= 4 is 133 Å². The van der Waals surface area contributed by atoms with Gasteiger partial charge in [-0.15, -0.1) is 0 Å². The molecule has 6 rings (SSSR count). The fourth-order valence-corrected chi connectivity index (χ4v) is 14.7.